The Morgan fingerprint density at radius 2 is 1.61 bits per heavy atom. The molecule has 0 aromatic carbocycles. The molecule has 5 nitrogen and oxygen atoms in total. The molecule has 0 radical (unpaired) electrons. The molecule has 1 aliphatic rings. The van der Waals surface area contributed by atoms with Crippen LogP contribution in [0.3, 0.4) is 0 Å². The fourth-order valence-electron chi connectivity index (χ4n) is 2.54. The van der Waals surface area contributed by atoms with E-state index in [2.05, 4.69) is 15.2 Å². The smallest absolute Gasteiger partial charge is 0.319 e. The predicted octanol–water partition coefficient (Wildman–Crippen LogP) is 2.02. The Labute approximate surface area is 132 Å². The van der Waals surface area contributed by atoms with E-state index in [0.717, 1.165) is 24.2 Å². The normalized spacial score (nSPS) is 17.1. The SMILES string of the molecule is CCc1nnc(N2CCN(CC(F)(F)C(F)F)CC2)nc1CC. The van der Waals surface area contributed by atoms with Crippen LogP contribution >= 0.6 is 0 Å². The van der Waals surface area contributed by atoms with E-state index in [0.29, 0.717) is 19.0 Å². The lowest BCUT2D eigenvalue weighted by Crippen LogP contribution is -2.51. The van der Waals surface area contributed by atoms with Gasteiger partial charge in [-0.05, 0) is 12.8 Å². The maximum Gasteiger partial charge on any atom is 0.319 e. The fourth-order valence-corrected chi connectivity index (χ4v) is 2.54. The molecule has 0 atom stereocenters. The van der Waals surface area contributed by atoms with Crippen LogP contribution in [-0.4, -0.2) is 65.2 Å². The molecule has 0 spiro atoms. The zero-order valence-corrected chi connectivity index (χ0v) is 13.3. The summed E-state index contributed by atoms with van der Waals surface area (Å²) in [5.74, 6) is -3.50. The Balaban J connectivity index is 1.97. The molecule has 1 fully saturated rings. The summed E-state index contributed by atoms with van der Waals surface area (Å²) in [7, 11) is 0. The van der Waals surface area contributed by atoms with Crippen LogP contribution in [0.4, 0.5) is 23.5 Å². The molecule has 9 heteroatoms. The van der Waals surface area contributed by atoms with Crippen molar-refractivity contribution in [3.05, 3.63) is 11.4 Å². The van der Waals surface area contributed by atoms with E-state index in [4.69, 9.17) is 0 Å². The summed E-state index contributed by atoms with van der Waals surface area (Å²) >= 11 is 0. The molecule has 23 heavy (non-hydrogen) atoms. The fraction of sp³-hybridized carbons (Fsp3) is 0.786. The van der Waals surface area contributed by atoms with Crippen molar-refractivity contribution in [2.75, 3.05) is 37.6 Å². The summed E-state index contributed by atoms with van der Waals surface area (Å²) in [5.41, 5.74) is 1.73. The first-order chi connectivity index (χ1) is 10.9. The molecule has 1 aliphatic heterocycles. The van der Waals surface area contributed by atoms with E-state index < -0.39 is 18.9 Å². The summed E-state index contributed by atoms with van der Waals surface area (Å²) in [6.45, 7) is 4.40. The minimum Gasteiger partial charge on any atom is -0.337 e. The molecule has 2 rings (SSSR count). The van der Waals surface area contributed by atoms with Gasteiger partial charge in [0.05, 0.1) is 17.9 Å². The number of anilines is 1. The highest BCUT2D eigenvalue weighted by molar-refractivity contribution is 5.31. The van der Waals surface area contributed by atoms with Crippen LogP contribution < -0.4 is 4.90 Å². The summed E-state index contributed by atoms with van der Waals surface area (Å²) in [6.07, 6.45) is -2.14. The minimum absolute atomic E-state index is 0.267. The van der Waals surface area contributed by atoms with Crippen molar-refractivity contribution in [2.45, 2.75) is 39.0 Å². The van der Waals surface area contributed by atoms with Gasteiger partial charge in [-0.2, -0.15) is 13.9 Å². The Kier molecular flexibility index (Phi) is 5.72. The van der Waals surface area contributed by atoms with Gasteiger partial charge in [-0.3, -0.25) is 4.90 Å². The molecular weight excluding hydrogens is 314 g/mol. The van der Waals surface area contributed by atoms with Gasteiger partial charge in [-0.15, -0.1) is 5.10 Å². The lowest BCUT2D eigenvalue weighted by atomic mass is 10.2. The molecule has 1 aromatic heterocycles. The van der Waals surface area contributed by atoms with Gasteiger partial charge in [0.1, 0.15) is 0 Å². The number of hydrogen-bond acceptors (Lipinski definition) is 5. The van der Waals surface area contributed by atoms with E-state index in [9.17, 15) is 17.6 Å². The van der Waals surface area contributed by atoms with Crippen molar-refractivity contribution >= 4 is 5.95 Å². The van der Waals surface area contributed by atoms with Gasteiger partial charge in [-0.25, -0.2) is 13.8 Å². The second-order valence-electron chi connectivity index (χ2n) is 5.54. The zero-order chi connectivity index (χ0) is 17.0. The first-order valence-electron chi connectivity index (χ1n) is 7.73. The lowest BCUT2D eigenvalue weighted by molar-refractivity contribution is -0.142. The molecule has 0 unspecified atom stereocenters. The van der Waals surface area contributed by atoms with E-state index >= 15 is 0 Å². The molecule has 130 valence electrons. The molecule has 0 saturated carbocycles. The average molecular weight is 335 g/mol. The largest absolute Gasteiger partial charge is 0.337 e. The highest BCUT2D eigenvalue weighted by Gasteiger charge is 2.42. The number of aryl methyl sites for hydroxylation is 2. The number of rotatable bonds is 6. The summed E-state index contributed by atoms with van der Waals surface area (Å²) in [4.78, 5) is 7.67. The zero-order valence-electron chi connectivity index (χ0n) is 13.3. The van der Waals surface area contributed by atoms with E-state index in [1.54, 1.807) is 0 Å². The van der Waals surface area contributed by atoms with Crippen LogP contribution in [0.25, 0.3) is 0 Å². The molecular formula is C14H21F4N5. The van der Waals surface area contributed by atoms with Crippen molar-refractivity contribution in [1.29, 1.82) is 0 Å². The minimum atomic E-state index is -3.97. The van der Waals surface area contributed by atoms with E-state index in [1.165, 1.54) is 4.90 Å². The van der Waals surface area contributed by atoms with Gasteiger partial charge < -0.3 is 4.90 Å². The molecule has 0 amide bonds. The number of halogens is 4. The van der Waals surface area contributed by atoms with Gasteiger partial charge in [0.2, 0.25) is 5.95 Å². The van der Waals surface area contributed by atoms with Crippen LogP contribution in [0.1, 0.15) is 25.2 Å². The van der Waals surface area contributed by atoms with Crippen LogP contribution in [0.5, 0.6) is 0 Å². The third-order valence-corrected chi connectivity index (χ3v) is 3.91. The highest BCUT2D eigenvalue weighted by Crippen LogP contribution is 2.24. The van der Waals surface area contributed by atoms with Gasteiger partial charge in [0, 0.05) is 26.2 Å². The quantitative estimate of drug-likeness (QED) is 0.744. The monoisotopic (exact) mass is 335 g/mol. The van der Waals surface area contributed by atoms with Crippen LogP contribution in [0, 0.1) is 0 Å². The molecule has 0 N–H and O–H groups in total. The molecule has 0 aliphatic carbocycles. The molecule has 1 aromatic rings. The number of piperazine rings is 1. The molecule has 2 heterocycles. The number of nitrogens with zero attached hydrogens (tertiary/aromatic N) is 5. The maximum absolute atomic E-state index is 13.1. The van der Waals surface area contributed by atoms with Gasteiger partial charge in [0.15, 0.2) is 0 Å². The van der Waals surface area contributed by atoms with Gasteiger partial charge in [0.25, 0.3) is 0 Å². The van der Waals surface area contributed by atoms with Crippen molar-refractivity contribution < 1.29 is 17.6 Å². The number of alkyl halides is 4. The second-order valence-corrected chi connectivity index (χ2v) is 5.54. The Morgan fingerprint density at radius 1 is 1.00 bits per heavy atom. The van der Waals surface area contributed by atoms with Crippen molar-refractivity contribution in [1.82, 2.24) is 20.1 Å². The number of hydrogen-bond donors (Lipinski definition) is 0. The van der Waals surface area contributed by atoms with Crippen molar-refractivity contribution in [3.8, 4) is 0 Å². The Hall–Kier alpha value is -1.51. The van der Waals surface area contributed by atoms with Crippen LogP contribution in [-0.2, 0) is 12.8 Å². The first-order valence-corrected chi connectivity index (χ1v) is 7.73. The summed E-state index contributed by atoms with van der Waals surface area (Å²) < 4.78 is 50.7. The first kappa shape index (κ1) is 17.8. The number of aromatic nitrogens is 3. The maximum atomic E-state index is 13.1. The Bertz CT molecular complexity index is 518. The molecule has 1 saturated heterocycles. The summed E-state index contributed by atoms with van der Waals surface area (Å²) in [5, 5.41) is 8.25. The van der Waals surface area contributed by atoms with Gasteiger partial charge >= 0.3 is 12.3 Å². The van der Waals surface area contributed by atoms with Crippen molar-refractivity contribution in [2.24, 2.45) is 0 Å². The topological polar surface area (TPSA) is 45.2 Å². The third-order valence-electron chi connectivity index (χ3n) is 3.91. The second kappa shape index (κ2) is 7.37. The van der Waals surface area contributed by atoms with Crippen LogP contribution in [0.2, 0.25) is 0 Å². The van der Waals surface area contributed by atoms with Gasteiger partial charge in [-0.1, -0.05) is 13.8 Å². The van der Waals surface area contributed by atoms with E-state index in [1.807, 2.05) is 18.7 Å². The summed E-state index contributed by atoms with van der Waals surface area (Å²) in [6, 6.07) is 0. The highest BCUT2D eigenvalue weighted by atomic mass is 19.3. The standard InChI is InChI=1S/C14H21F4N5/c1-3-10-11(4-2)20-21-13(19-10)23-7-5-22(6-8-23)9-14(17,18)12(15)16/h12H,3-9H2,1-2H3. The van der Waals surface area contributed by atoms with Crippen LogP contribution in [0.15, 0.2) is 0 Å². The Morgan fingerprint density at radius 3 is 2.13 bits per heavy atom. The average Bonchev–Trinajstić information content (AvgIpc) is 2.54. The lowest BCUT2D eigenvalue weighted by Gasteiger charge is -2.36. The predicted molar refractivity (Wildman–Crippen MR) is 78.2 cm³/mol. The third kappa shape index (κ3) is 4.27. The van der Waals surface area contributed by atoms with E-state index in [-0.39, 0.29) is 13.1 Å². The molecule has 0 bridgehead atoms. The van der Waals surface area contributed by atoms with Crippen molar-refractivity contribution in [3.63, 3.8) is 0 Å².